The Kier molecular flexibility index (Phi) is 6.26. The second-order valence-electron chi connectivity index (χ2n) is 10.0. The van der Waals surface area contributed by atoms with Crippen molar-refractivity contribution in [1.29, 1.82) is 0 Å². The lowest BCUT2D eigenvalue weighted by atomic mass is 9.79. The quantitative estimate of drug-likeness (QED) is 0.625. The summed E-state index contributed by atoms with van der Waals surface area (Å²) in [5.74, 6) is 0.271. The first-order valence-corrected chi connectivity index (χ1v) is 11.2. The molecule has 0 radical (unpaired) electrons. The third kappa shape index (κ3) is 5.55. The first kappa shape index (κ1) is 23.7. The van der Waals surface area contributed by atoms with Crippen LogP contribution in [0.4, 0.5) is 19.2 Å². The van der Waals surface area contributed by atoms with Crippen molar-refractivity contribution in [2.75, 3.05) is 11.9 Å². The number of fused-ring (bicyclic) bond motifs is 1. The van der Waals surface area contributed by atoms with E-state index in [1.807, 2.05) is 39.8 Å². The highest BCUT2D eigenvalue weighted by Gasteiger charge is 2.31. The monoisotopic (exact) mass is 465 g/mol. The molecular formula is C23H30F3N5O2. The van der Waals surface area contributed by atoms with Gasteiger partial charge >= 0.3 is 12.2 Å². The SMILES string of the molecule is Cc1cc(-c2nnc(NC3CCC(O)C3)o2)nc2c1=CC(NCC(F)(F)F)CC=2C(C)(C)C. The molecule has 2 heterocycles. The van der Waals surface area contributed by atoms with Crippen LogP contribution in [0.1, 0.15) is 52.0 Å². The van der Waals surface area contributed by atoms with Crippen LogP contribution in [-0.2, 0) is 0 Å². The summed E-state index contributed by atoms with van der Waals surface area (Å²) < 4.78 is 44.1. The number of anilines is 1. The maximum Gasteiger partial charge on any atom is 0.401 e. The lowest BCUT2D eigenvalue weighted by Crippen LogP contribution is -2.46. The van der Waals surface area contributed by atoms with Crippen LogP contribution >= 0.6 is 0 Å². The standard InChI is InChI=1S/C23H30F3N5O2/c1-12-7-18(20-30-31-21(33-20)28-13-5-6-15(32)8-13)29-19-16(12)9-14(27-11-23(24,25)26)10-17(19)22(2,3)4/h7,9,13-15,27,32H,5-6,8,10-11H2,1-4H3,(H,28,31). The number of rotatable bonds is 5. The van der Waals surface area contributed by atoms with Crippen LogP contribution < -0.4 is 21.2 Å². The van der Waals surface area contributed by atoms with E-state index in [2.05, 4.69) is 20.8 Å². The Hall–Kier alpha value is -2.46. The maximum atomic E-state index is 12.8. The molecule has 3 N–H and O–H groups in total. The molecule has 0 bridgehead atoms. The summed E-state index contributed by atoms with van der Waals surface area (Å²) in [6.45, 7) is 6.97. The van der Waals surface area contributed by atoms with Gasteiger partial charge in [0.2, 0.25) is 0 Å². The predicted octanol–water partition coefficient (Wildman–Crippen LogP) is 2.67. The fourth-order valence-electron chi connectivity index (χ4n) is 4.50. The molecule has 2 aromatic heterocycles. The lowest BCUT2D eigenvalue weighted by Gasteiger charge is -2.29. The number of aryl methyl sites for hydroxylation is 1. The van der Waals surface area contributed by atoms with E-state index >= 15 is 0 Å². The van der Waals surface area contributed by atoms with Crippen LogP contribution in [0.5, 0.6) is 0 Å². The Morgan fingerprint density at radius 1 is 1.18 bits per heavy atom. The average Bonchev–Trinajstić information content (AvgIpc) is 3.34. The molecule has 3 unspecified atom stereocenters. The molecule has 1 fully saturated rings. The maximum absolute atomic E-state index is 12.8. The molecule has 0 aliphatic heterocycles. The molecule has 7 nitrogen and oxygen atoms in total. The highest BCUT2D eigenvalue weighted by atomic mass is 19.4. The second-order valence-corrected chi connectivity index (χ2v) is 10.0. The van der Waals surface area contributed by atoms with Crippen molar-refractivity contribution in [2.24, 2.45) is 5.41 Å². The molecule has 2 aliphatic rings. The van der Waals surface area contributed by atoms with Crippen molar-refractivity contribution in [1.82, 2.24) is 20.5 Å². The van der Waals surface area contributed by atoms with E-state index in [9.17, 15) is 18.3 Å². The Morgan fingerprint density at radius 3 is 2.58 bits per heavy atom. The normalized spacial score (nSPS) is 23.4. The zero-order chi connectivity index (χ0) is 24.0. The molecule has 10 heteroatoms. The zero-order valence-corrected chi connectivity index (χ0v) is 19.3. The van der Waals surface area contributed by atoms with Gasteiger partial charge in [0, 0.05) is 17.3 Å². The van der Waals surface area contributed by atoms with Crippen LogP contribution in [0.15, 0.2) is 10.5 Å². The molecular weight excluding hydrogens is 435 g/mol. The second kappa shape index (κ2) is 8.72. The summed E-state index contributed by atoms with van der Waals surface area (Å²) in [5, 5.41) is 25.3. The smallest absolute Gasteiger partial charge is 0.401 e. The number of hydrogen-bond donors (Lipinski definition) is 3. The number of nitrogens with zero attached hydrogens (tertiary/aromatic N) is 3. The molecule has 0 spiro atoms. The highest BCUT2D eigenvalue weighted by Crippen LogP contribution is 2.31. The first-order chi connectivity index (χ1) is 15.4. The van der Waals surface area contributed by atoms with Crippen molar-refractivity contribution in [2.45, 2.75) is 77.7 Å². The predicted molar refractivity (Wildman–Crippen MR) is 119 cm³/mol. The van der Waals surface area contributed by atoms with E-state index in [1.54, 1.807) is 0 Å². The van der Waals surface area contributed by atoms with Gasteiger partial charge in [0.25, 0.3) is 5.89 Å². The summed E-state index contributed by atoms with van der Waals surface area (Å²) >= 11 is 0. The van der Waals surface area contributed by atoms with Crippen molar-refractivity contribution in [3.8, 4) is 11.6 Å². The molecule has 4 rings (SSSR count). The summed E-state index contributed by atoms with van der Waals surface area (Å²) in [6.07, 6.45) is -0.113. The molecule has 2 aliphatic carbocycles. The Bertz CT molecular complexity index is 1140. The highest BCUT2D eigenvalue weighted by molar-refractivity contribution is 5.60. The topological polar surface area (TPSA) is 96.1 Å². The van der Waals surface area contributed by atoms with Gasteiger partial charge in [0.15, 0.2) is 0 Å². The summed E-state index contributed by atoms with van der Waals surface area (Å²) in [4.78, 5) is 4.81. The third-order valence-electron chi connectivity index (χ3n) is 6.19. The van der Waals surface area contributed by atoms with Gasteiger partial charge in [-0.3, -0.25) is 0 Å². The van der Waals surface area contributed by atoms with Crippen molar-refractivity contribution >= 4 is 17.7 Å². The van der Waals surface area contributed by atoms with Crippen molar-refractivity contribution in [3.63, 3.8) is 0 Å². The minimum absolute atomic E-state index is 0.0862. The summed E-state index contributed by atoms with van der Waals surface area (Å²) in [5.41, 5.74) is 2.09. The van der Waals surface area contributed by atoms with E-state index < -0.39 is 18.8 Å². The van der Waals surface area contributed by atoms with Crippen LogP contribution in [0.25, 0.3) is 23.2 Å². The third-order valence-corrected chi connectivity index (χ3v) is 6.19. The number of aromatic nitrogens is 3. The first-order valence-electron chi connectivity index (χ1n) is 11.2. The number of aliphatic hydroxyl groups is 1. The fraction of sp³-hybridized carbons (Fsp3) is 0.609. The van der Waals surface area contributed by atoms with Crippen LogP contribution in [0.3, 0.4) is 0 Å². The Morgan fingerprint density at radius 2 is 1.94 bits per heavy atom. The number of halogens is 3. The van der Waals surface area contributed by atoms with Crippen LogP contribution in [0, 0.1) is 12.3 Å². The number of alkyl halides is 3. The molecule has 2 aromatic rings. The van der Waals surface area contributed by atoms with Gasteiger partial charge in [-0.25, -0.2) is 4.98 Å². The van der Waals surface area contributed by atoms with Crippen molar-refractivity contribution in [3.05, 3.63) is 22.2 Å². The van der Waals surface area contributed by atoms with Gasteiger partial charge < -0.3 is 20.2 Å². The van der Waals surface area contributed by atoms with Gasteiger partial charge in [-0.15, -0.1) is 5.10 Å². The Balaban J connectivity index is 1.68. The summed E-state index contributed by atoms with van der Waals surface area (Å²) in [7, 11) is 0. The zero-order valence-electron chi connectivity index (χ0n) is 19.3. The van der Waals surface area contributed by atoms with E-state index in [4.69, 9.17) is 9.40 Å². The fourth-order valence-corrected chi connectivity index (χ4v) is 4.50. The minimum atomic E-state index is -4.27. The number of aliphatic hydroxyl groups excluding tert-OH is 1. The molecule has 0 amide bonds. The summed E-state index contributed by atoms with van der Waals surface area (Å²) in [6, 6.07) is 1.76. The lowest BCUT2D eigenvalue weighted by molar-refractivity contribution is -0.125. The molecule has 33 heavy (non-hydrogen) atoms. The van der Waals surface area contributed by atoms with Crippen molar-refractivity contribution < 1.29 is 22.7 Å². The number of hydrogen-bond acceptors (Lipinski definition) is 7. The van der Waals surface area contributed by atoms with E-state index in [-0.39, 0.29) is 29.5 Å². The van der Waals surface area contributed by atoms with Gasteiger partial charge in [-0.1, -0.05) is 31.9 Å². The van der Waals surface area contributed by atoms with E-state index in [0.717, 1.165) is 34.5 Å². The Labute approximate surface area is 190 Å². The van der Waals surface area contributed by atoms with E-state index in [1.165, 1.54) is 0 Å². The van der Waals surface area contributed by atoms with Gasteiger partial charge in [-0.2, -0.15) is 13.2 Å². The molecule has 3 atom stereocenters. The van der Waals surface area contributed by atoms with Crippen LogP contribution in [0.2, 0.25) is 0 Å². The van der Waals surface area contributed by atoms with E-state index in [0.29, 0.717) is 18.5 Å². The van der Waals surface area contributed by atoms with Gasteiger partial charge in [0.05, 0.1) is 18.0 Å². The van der Waals surface area contributed by atoms with Gasteiger partial charge in [-0.05, 0) is 55.2 Å². The minimum Gasteiger partial charge on any atom is -0.402 e. The molecule has 1 saturated carbocycles. The molecule has 0 saturated heterocycles. The molecule has 180 valence electrons. The number of nitrogens with one attached hydrogen (secondary N) is 2. The number of pyridine rings is 1. The van der Waals surface area contributed by atoms with Crippen LogP contribution in [-0.4, -0.2) is 51.2 Å². The largest absolute Gasteiger partial charge is 0.402 e. The van der Waals surface area contributed by atoms with Gasteiger partial charge in [0.1, 0.15) is 5.69 Å². The average molecular weight is 466 g/mol. The molecule has 0 aromatic carbocycles.